The predicted octanol–water partition coefficient (Wildman–Crippen LogP) is 4.51. The van der Waals surface area contributed by atoms with Crippen LogP contribution in [0.2, 0.25) is 0 Å². The summed E-state index contributed by atoms with van der Waals surface area (Å²) in [6, 6.07) is 5.32. The van der Waals surface area contributed by atoms with E-state index in [0.29, 0.717) is 13.1 Å². The quantitative estimate of drug-likeness (QED) is 0.774. The van der Waals surface area contributed by atoms with Crippen molar-refractivity contribution < 1.29 is 18.3 Å². The third-order valence-electron chi connectivity index (χ3n) is 4.75. The number of benzene rings is 1. The molecule has 0 unspecified atom stereocenters. The molecule has 2 atom stereocenters. The molecule has 1 amide bonds. The van der Waals surface area contributed by atoms with Crippen LogP contribution in [0.4, 0.5) is 13.6 Å². The van der Waals surface area contributed by atoms with E-state index in [1.54, 1.807) is 11.1 Å². The summed E-state index contributed by atoms with van der Waals surface area (Å²) in [5.74, 6) is -1.02. The molecule has 1 saturated heterocycles. The second kappa shape index (κ2) is 7.29. The highest BCUT2D eigenvalue weighted by Crippen LogP contribution is 2.34. The second-order valence-electron chi connectivity index (χ2n) is 8.06. The van der Waals surface area contributed by atoms with Crippen LogP contribution in [0.5, 0.6) is 0 Å². The topological polar surface area (TPSA) is 47.4 Å². The first-order chi connectivity index (χ1) is 12.7. The van der Waals surface area contributed by atoms with Crippen LogP contribution in [0.25, 0.3) is 5.69 Å². The Labute approximate surface area is 157 Å². The van der Waals surface area contributed by atoms with Crippen molar-refractivity contribution in [1.82, 2.24) is 14.7 Å². The molecule has 0 bridgehead atoms. The maximum atomic E-state index is 14.2. The number of likely N-dealkylation sites (tertiary alicyclic amines) is 1. The zero-order valence-electron chi connectivity index (χ0n) is 16.1. The Bertz CT molecular complexity index is 829. The average molecular weight is 377 g/mol. The van der Waals surface area contributed by atoms with Crippen molar-refractivity contribution in [3.63, 3.8) is 0 Å². The Morgan fingerprint density at radius 1 is 1.26 bits per heavy atom. The van der Waals surface area contributed by atoms with Gasteiger partial charge in [-0.3, -0.25) is 0 Å². The van der Waals surface area contributed by atoms with Crippen LogP contribution in [-0.4, -0.2) is 39.5 Å². The van der Waals surface area contributed by atoms with Gasteiger partial charge in [-0.1, -0.05) is 6.92 Å². The molecule has 0 saturated carbocycles. The Morgan fingerprint density at radius 2 is 2.00 bits per heavy atom. The van der Waals surface area contributed by atoms with Gasteiger partial charge in [-0.05, 0) is 51.3 Å². The standard InChI is InChI=1S/C20H25F2N3O2/c1-13-12-24(19(26)27-20(2,3)4)10-8-15(13)17-7-9-23-25(17)18-6-5-14(21)11-16(18)22/h5-7,9,11,13,15H,8,10,12H2,1-4H3/t13-,15+/m0/s1. The van der Waals surface area contributed by atoms with Gasteiger partial charge < -0.3 is 9.64 Å². The van der Waals surface area contributed by atoms with Gasteiger partial charge in [-0.15, -0.1) is 0 Å². The number of hydrogen-bond donors (Lipinski definition) is 0. The Kier molecular flexibility index (Phi) is 5.22. The molecule has 0 spiro atoms. The van der Waals surface area contributed by atoms with Crippen LogP contribution < -0.4 is 0 Å². The number of hydrogen-bond acceptors (Lipinski definition) is 3. The molecule has 1 aromatic carbocycles. The molecule has 0 aliphatic carbocycles. The number of nitrogens with zero attached hydrogens (tertiary/aromatic N) is 3. The largest absolute Gasteiger partial charge is 0.444 e. The predicted molar refractivity (Wildman–Crippen MR) is 97.8 cm³/mol. The molecule has 27 heavy (non-hydrogen) atoms. The van der Waals surface area contributed by atoms with Gasteiger partial charge in [0.1, 0.15) is 17.1 Å². The van der Waals surface area contributed by atoms with Crippen molar-refractivity contribution >= 4 is 6.09 Å². The number of carbonyl (C=O) groups is 1. The highest BCUT2D eigenvalue weighted by Gasteiger charge is 2.33. The average Bonchev–Trinajstić information content (AvgIpc) is 3.02. The first-order valence-corrected chi connectivity index (χ1v) is 9.13. The molecule has 0 radical (unpaired) electrons. The summed E-state index contributed by atoms with van der Waals surface area (Å²) in [4.78, 5) is 14.0. The zero-order chi connectivity index (χ0) is 19.8. The fraction of sp³-hybridized carbons (Fsp3) is 0.500. The number of aromatic nitrogens is 2. The summed E-state index contributed by atoms with van der Waals surface area (Å²) in [7, 11) is 0. The first kappa shape index (κ1) is 19.3. The molecule has 5 nitrogen and oxygen atoms in total. The van der Waals surface area contributed by atoms with E-state index in [-0.39, 0.29) is 23.6 Å². The van der Waals surface area contributed by atoms with E-state index in [9.17, 15) is 13.6 Å². The lowest BCUT2D eigenvalue weighted by atomic mass is 9.84. The van der Waals surface area contributed by atoms with E-state index in [1.807, 2.05) is 26.8 Å². The zero-order valence-corrected chi connectivity index (χ0v) is 16.1. The van der Waals surface area contributed by atoms with Crippen molar-refractivity contribution in [2.24, 2.45) is 5.92 Å². The van der Waals surface area contributed by atoms with Crippen LogP contribution in [-0.2, 0) is 4.74 Å². The van der Waals surface area contributed by atoms with Gasteiger partial charge in [-0.2, -0.15) is 5.10 Å². The van der Waals surface area contributed by atoms with Gasteiger partial charge >= 0.3 is 6.09 Å². The van der Waals surface area contributed by atoms with Crippen LogP contribution in [0, 0.1) is 17.6 Å². The van der Waals surface area contributed by atoms with Gasteiger partial charge in [0.2, 0.25) is 0 Å². The first-order valence-electron chi connectivity index (χ1n) is 9.13. The number of piperidine rings is 1. The number of ether oxygens (including phenoxy) is 1. The van der Waals surface area contributed by atoms with E-state index in [2.05, 4.69) is 12.0 Å². The number of rotatable bonds is 2. The van der Waals surface area contributed by atoms with Crippen molar-refractivity contribution in [3.8, 4) is 5.69 Å². The lowest BCUT2D eigenvalue weighted by Gasteiger charge is -2.37. The number of halogens is 2. The molecule has 2 aromatic rings. The minimum Gasteiger partial charge on any atom is -0.444 e. The maximum Gasteiger partial charge on any atom is 0.410 e. The molecule has 2 heterocycles. The monoisotopic (exact) mass is 377 g/mol. The minimum atomic E-state index is -0.654. The van der Waals surface area contributed by atoms with Crippen molar-refractivity contribution in [2.75, 3.05) is 13.1 Å². The lowest BCUT2D eigenvalue weighted by Crippen LogP contribution is -2.44. The van der Waals surface area contributed by atoms with Gasteiger partial charge in [-0.25, -0.2) is 18.3 Å². The highest BCUT2D eigenvalue weighted by atomic mass is 19.1. The third-order valence-corrected chi connectivity index (χ3v) is 4.75. The van der Waals surface area contributed by atoms with Crippen molar-refractivity contribution in [2.45, 2.75) is 45.6 Å². The minimum absolute atomic E-state index is 0.107. The molecule has 0 N–H and O–H groups in total. The van der Waals surface area contributed by atoms with Crippen LogP contribution in [0.1, 0.15) is 45.7 Å². The fourth-order valence-corrected chi connectivity index (χ4v) is 3.53. The van der Waals surface area contributed by atoms with Crippen LogP contribution in [0.3, 0.4) is 0 Å². The summed E-state index contributed by atoms with van der Waals surface area (Å²) < 4.78 is 34.4. The molecule has 3 rings (SSSR count). The highest BCUT2D eigenvalue weighted by molar-refractivity contribution is 5.68. The molecular formula is C20H25F2N3O2. The number of amides is 1. The van der Waals surface area contributed by atoms with Gasteiger partial charge in [0.25, 0.3) is 0 Å². The molecular weight excluding hydrogens is 352 g/mol. The lowest BCUT2D eigenvalue weighted by molar-refractivity contribution is 0.0153. The van der Waals surface area contributed by atoms with E-state index >= 15 is 0 Å². The van der Waals surface area contributed by atoms with E-state index in [4.69, 9.17) is 4.74 Å². The molecule has 1 aliphatic rings. The summed E-state index contributed by atoms with van der Waals surface area (Å²) in [5, 5.41) is 4.24. The summed E-state index contributed by atoms with van der Waals surface area (Å²) in [5.41, 5.74) is 0.547. The normalized spacial score (nSPS) is 20.6. The molecule has 1 aliphatic heterocycles. The SMILES string of the molecule is C[C@H]1CN(C(=O)OC(C)(C)C)CC[C@H]1c1ccnn1-c1ccc(F)cc1F. The van der Waals surface area contributed by atoms with E-state index in [0.717, 1.165) is 18.2 Å². The van der Waals surface area contributed by atoms with E-state index < -0.39 is 17.2 Å². The third kappa shape index (κ3) is 4.28. The van der Waals surface area contributed by atoms with Crippen LogP contribution >= 0.6 is 0 Å². The smallest absolute Gasteiger partial charge is 0.410 e. The molecule has 1 fully saturated rings. The Balaban J connectivity index is 1.78. The fourth-order valence-electron chi connectivity index (χ4n) is 3.53. The van der Waals surface area contributed by atoms with Gasteiger partial charge in [0, 0.05) is 37.0 Å². The Hall–Kier alpha value is -2.44. The van der Waals surface area contributed by atoms with Crippen molar-refractivity contribution in [1.29, 1.82) is 0 Å². The summed E-state index contributed by atoms with van der Waals surface area (Å²) in [6.45, 7) is 8.70. The maximum absolute atomic E-state index is 14.2. The second-order valence-corrected chi connectivity index (χ2v) is 8.06. The van der Waals surface area contributed by atoms with E-state index in [1.165, 1.54) is 16.8 Å². The van der Waals surface area contributed by atoms with Gasteiger partial charge in [0.15, 0.2) is 5.82 Å². The van der Waals surface area contributed by atoms with Crippen molar-refractivity contribution in [3.05, 3.63) is 47.8 Å². The molecule has 146 valence electrons. The Morgan fingerprint density at radius 3 is 2.63 bits per heavy atom. The number of carbonyl (C=O) groups excluding carboxylic acids is 1. The summed E-state index contributed by atoms with van der Waals surface area (Å²) >= 11 is 0. The molecule has 1 aromatic heterocycles. The summed E-state index contributed by atoms with van der Waals surface area (Å²) in [6.07, 6.45) is 2.02. The van der Waals surface area contributed by atoms with Crippen LogP contribution in [0.15, 0.2) is 30.5 Å². The van der Waals surface area contributed by atoms with Gasteiger partial charge in [0.05, 0.1) is 0 Å². The molecule has 7 heteroatoms.